The number of aromatic nitrogens is 4. The van der Waals surface area contributed by atoms with E-state index in [0.29, 0.717) is 11.9 Å². The van der Waals surface area contributed by atoms with Gasteiger partial charge in [-0.25, -0.2) is 15.0 Å². The summed E-state index contributed by atoms with van der Waals surface area (Å²) in [6.07, 6.45) is 7.89. The van der Waals surface area contributed by atoms with Crippen LogP contribution in [0.2, 0.25) is 0 Å². The Kier molecular flexibility index (Phi) is 4.38. The molecule has 2 atom stereocenters. The van der Waals surface area contributed by atoms with Crippen molar-refractivity contribution in [1.29, 1.82) is 0 Å². The summed E-state index contributed by atoms with van der Waals surface area (Å²) in [5.41, 5.74) is 2.12. The smallest absolute Gasteiger partial charge is 0.222 e. The van der Waals surface area contributed by atoms with E-state index in [-0.39, 0.29) is 6.10 Å². The molecule has 0 radical (unpaired) electrons. The average molecular weight is 301 g/mol. The molecule has 22 heavy (non-hydrogen) atoms. The lowest BCUT2D eigenvalue weighted by atomic mass is 9.93. The van der Waals surface area contributed by atoms with Crippen LogP contribution in [0.15, 0.2) is 18.6 Å². The standard InChI is InChI=1S/C16H23N5O/c1-11-9-18-16(20-12(11)2)19-10-13-5-4-8-22-14(13)15-17-6-7-21(15)3/h6-7,9,13-14H,4-5,8,10H2,1-3H3,(H,18,19,20)/t13-,14+/m0/s1. The van der Waals surface area contributed by atoms with Crippen molar-refractivity contribution >= 4 is 5.95 Å². The Morgan fingerprint density at radius 1 is 1.36 bits per heavy atom. The van der Waals surface area contributed by atoms with Crippen LogP contribution < -0.4 is 5.32 Å². The molecule has 0 spiro atoms. The molecule has 1 aliphatic heterocycles. The Morgan fingerprint density at radius 2 is 2.23 bits per heavy atom. The summed E-state index contributed by atoms with van der Waals surface area (Å²) >= 11 is 0. The second kappa shape index (κ2) is 6.44. The van der Waals surface area contributed by atoms with Gasteiger partial charge in [-0.2, -0.15) is 0 Å². The number of anilines is 1. The van der Waals surface area contributed by atoms with Crippen molar-refractivity contribution in [3.63, 3.8) is 0 Å². The van der Waals surface area contributed by atoms with Crippen LogP contribution in [0.4, 0.5) is 5.95 Å². The summed E-state index contributed by atoms with van der Waals surface area (Å²) in [4.78, 5) is 13.3. The highest BCUT2D eigenvalue weighted by Crippen LogP contribution is 2.32. The van der Waals surface area contributed by atoms with Gasteiger partial charge >= 0.3 is 0 Å². The third kappa shape index (κ3) is 3.11. The molecule has 1 N–H and O–H groups in total. The third-order valence-corrected chi connectivity index (χ3v) is 4.30. The van der Waals surface area contributed by atoms with E-state index in [1.165, 1.54) is 0 Å². The summed E-state index contributed by atoms with van der Waals surface area (Å²) < 4.78 is 8.02. The van der Waals surface area contributed by atoms with Crippen LogP contribution in [-0.2, 0) is 11.8 Å². The lowest BCUT2D eigenvalue weighted by Gasteiger charge is -2.31. The van der Waals surface area contributed by atoms with Gasteiger partial charge in [-0.3, -0.25) is 0 Å². The maximum atomic E-state index is 5.98. The van der Waals surface area contributed by atoms with Crippen molar-refractivity contribution in [2.45, 2.75) is 32.8 Å². The summed E-state index contributed by atoms with van der Waals surface area (Å²) in [5.74, 6) is 2.06. The van der Waals surface area contributed by atoms with Crippen molar-refractivity contribution in [2.75, 3.05) is 18.5 Å². The molecule has 3 heterocycles. The van der Waals surface area contributed by atoms with E-state index in [0.717, 1.165) is 43.1 Å². The quantitative estimate of drug-likeness (QED) is 0.939. The van der Waals surface area contributed by atoms with Crippen molar-refractivity contribution < 1.29 is 4.74 Å². The highest BCUT2D eigenvalue weighted by molar-refractivity contribution is 5.28. The van der Waals surface area contributed by atoms with Gasteiger partial charge in [0, 0.05) is 50.4 Å². The molecule has 0 bridgehead atoms. The molecule has 0 aromatic carbocycles. The zero-order chi connectivity index (χ0) is 15.5. The van der Waals surface area contributed by atoms with E-state index in [1.54, 1.807) is 0 Å². The number of hydrogen-bond donors (Lipinski definition) is 1. The van der Waals surface area contributed by atoms with Crippen LogP contribution in [0.25, 0.3) is 0 Å². The van der Waals surface area contributed by atoms with Crippen LogP contribution in [0, 0.1) is 19.8 Å². The lowest BCUT2D eigenvalue weighted by Crippen LogP contribution is -2.30. The van der Waals surface area contributed by atoms with Crippen molar-refractivity contribution in [3.8, 4) is 0 Å². The number of ether oxygens (including phenoxy) is 1. The molecule has 118 valence electrons. The molecule has 1 fully saturated rings. The van der Waals surface area contributed by atoms with Gasteiger partial charge in [-0.1, -0.05) is 0 Å². The van der Waals surface area contributed by atoms with Gasteiger partial charge in [0.15, 0.2) is 0 Å². The predicted octanol–water partition coefficient (Wildman–Crippen LogP) is 2.41. The molecular formula is C16H23N5O. The van der Waals surface area contributed by atoms with Crippen LogP contribution >= 0.6 is 0 Å². The summed E-state index contributed by atoms with van der Waals surface area (Å²) in [5, 5.41) is 3.35. The molecule has 2 aromatic heterocycles. The van der Waals surface area contributed by atoms with E-state index in [4.69, 9.17) is 4.74 Å². The van der Waals surface area contributed by atoms with Crippen molar-refractivity contribution in [1.82, 2.24) is 19.5 Å². The summed E-state index contributed by atoms with van der Waals surface area (Å²) in [6, 6.07) is 0. The fourth-order valence-electron chi connectivity index (χ4n) is 2.82. The Morgan fingerprint density at radius 3 is 2.95 bits per heavy atom. The van der Waals surface area contributed by atoms with E-state index < -0.39 is 0 Å². The Labute approximate surface area is 131 Å². The normalized spacial score (nSPS) is 21.8. The second-order valence-corrected chi connectivity index (χ2v) is 5.93. The molecule has 0 saturated carbocycles. The van der Waals surface area contributed by atoms with Gasteiger partial charge in [0.05, 0.1) is 0 Å². The number of nitrogens with zero attached hydrogens (tertiary/aromatic N) is 4. The van der Waals surface area contributed by atoms with Gasteiger partial charge in [0.1, 0.15) is 11.9 Å². The van der Waals surface area contributed by atoms with E-state index in [2.05, 4.69) is 20.3 Å². The molecule has 6 heteroatoms. The highest BCUT2D eigenvalue weighted by Gasteiger charge is 2.30. The molecule has 3 rings (SSSR count). The number of imidazole rings is 1. The molecule has 0 amide bonds. The first kappa shape index (κ1) is 15.0. The summed E-state index contributed by atoms with van der Waals surface area (Å²) in [7, 11) is 2.01. The SMILES string of the molecule is Cc1cnc(NC[C@@H]2CCCO[C@H]2c2nccn2C)nc1C. The highest BCUT2D eigenvalue weighted by atomic mass is 16.5. The zero-order valence-corrected chi connectivity index (χ0v) is 13.4. The van der Waals surface area contributed by atoms with E-state index in [9.17, 15) is 0 Å². The monoisotopic (exact) mass is 301 g/mol. The van der Waals surface area contributed by atoms with Gasteiger partial charge in [0.25, 0.3) is 0 Å². The molecule has 0 aliphatic carbocycles. The minimum Gasteiger partial charge on any atom is -0.370 e. The zero-order valence-electron chi connectivity index (χ0n) is 13.4. The topological polar surface area (TPSA) is 64.9 Å². The second-order valence-electron chi connectivity index (χ2n) is 5.93. The van der Waals surface area contributed by atoms with E-state index in [1.807, 2.05) is 44.1 Å². The molecule has 6 nitrogen and oxygen atoms in total. The first-order valence-electron chi connectivity index (χ1n) is 7.78. The van der Waals surface area contributed by atoms with Crippen LogP contribution in [0.1, 0.15) is 36.0 Å². The molecule has 1 saturated heterocycles. The molecule has 2 aromatic rings. The number of nitrogens with one attached hydrogen (secondary N) is 1. The number of aryl methyl sites for hydroxylation is 3. The van der Waals surface area contributed by atoms with Gasteiger partial charge in [-0.15, -0.1) is 0 Å². The van der Waals surface area contributed by atoms with Crippen LogP contribution in [0.3, 0.4) is 0 Å². The van der Waals surface area contributed by atoms with E-state index >= 15 is 0 Å². The fraction of sp³-hybridized carbons (Fsp3) is 0.562. The van der Waals surface area contributed by atoms with Crippen LogP contribution in [-0.4, -0.2) is 32.7 Å². The number of rotatable bonds is 4. The lowest BCUT2D eigenvalue weighted by molar-refractivity contribution is -0.0305. The minimum absolute atomic E-state index is 0.0350. The average Bonchev–Trinajstić information content (AvgIpc) is 2.95. The van der Waals surface area contributed by atoms with Gasteiger partial charge in [0.2, 0.25) is 5.95 Å². The largest absolute Gasteiger partial charge is 0.370 e. The Hall–Kier alpha value is -1.95. The first-order chi connectivity index (χ1) is 10.6. The van der Waals surface area contributed by atoms with Crippen molar-refractivity contribution in [2.24, 2.45) is 13.0 Å². The predicted molar refractivity (Wildman–Crippen MR) is 84.6 cm³/mol. The molecule has 1 aliphatic rings. The third-order valence-electron chi connectivity index (χ3n) is 4.30. The van der Waals surface area contributed by atoms with Crippen molar-refractivity contribution in [3.05, 3.63) is 35.7 Å². The Balaban J connectivity index is 1.69. The maximum Gasteiger partial charge on any atom is 0.222 e. The number of hydrogen-bond acceptors (Lipinski definition) is 5. The summed E-state index contributed by atoms with van der Waals surface area (Å²) in [6.45, 7) is 5.61. The van der Waals surface area contributed by atoms with Gasteiger partial charge in [-0.05, 0) is 32.3 Å². The fourth-order valence-corrected chi connectivity index (χ4v) is 2.82. The van der Waals surface area contributed by atoms with Gasteiger partial charge < -0.3 is 14.6 Å². The maximum absolute atomic E-state index is 5.98. The molecular weight excluding hydrogens is 278 g/mol. The molecule has 0 unspecified atom stereocenters. The first-order valence-corrected chi connectivity index (χ1v) is 7.78. The Bertz CT molecular complexity index is 639. The van der Waals surface area contributed by atoms with Crippen LogP contribution in [0.5, 0.6) is 0 Å². The minimum atomic E-state index is 0.0350.